The van der Waals surface area contributed by atoms with Crippen LogP contribution in [0.15, 0.2) is 4.52 Å². The van der Waals surface area contributed by atoms with E-state index in [4.69, 9.17) is 4.52 Å². The minimum absolute atomic E-state index is 0.534. The van der Waals surface area contributed by atoms with Crippen molar-refractivity contribution in [2.45, 2.75) is 19.3 Å². The average Bonchev–Trinajstić information content (AvgIpc) is 2.77. The Hall–Kier alpha value is -0.900. The summed E-state index contributed by atoms with van der Waals surface area (Å²) >= 11 is 0. The van der Waals surface area contributed by atoms with E-state index in [9.17, 15) is 0 Å². The highest BCUT2D eigenvalue weighted by molar-refractivity contribution is 5.06. The standard InChI is InChI=1S/C9H13N3O/c1-6-10-9(11-13-6)8-5-12-3-2-7(8)4-12/h7-8H,2-5H2,1H3/t7-,8-/m1/s1. The predicted octanol–water partition coefficient (Wildman–Crippen LogP) is 0.797. The molecule has 0 amide bonds. The lowest BCUT2D eigenvalue weighted by atomic mass is 9.92. The van der Waals surface area contributed by atoms with E-state index in [0.717, 1.165) is 18.3 Å². The quantitative estimate of drug-likeness (QED) is 0.639. The zero-order valence-electron chi connectivity index (χ0n) is 7.73. The van der Waals surface area contributed by atoms with Crippen molar-refractivity contribution < 1.29 is 4.52 Å². The SMILES string of the molecule is Cc1nc([C@@H]2CN3CC[C@@H]2C3)no1. The summed E-state index contributed by atoms with van der Waals surface area (Å²) in [4.78, 5) is 6.79. The van der Waals surface area contributed by atoms with Crippen LogP contribution in [0.2, 0.25) is 0 Å². The first-order valence-corrected chi connectivity index (χ1v) is 4.85. The Morgan fingerprint density at radius 3 is 2.92 bits per heavy atom. The molecule has 1 unspecified atom stereocenters. The highest BCUT2D eigenvalue weighted by atomic mass is 16.5. The fourth-order valence-corrected chi connectivity index (χ4v) is 2.54. The molecule has 1 aromatic rings. The van der Waals surface area contributed by atoms with Crippen LogP contribution >= 0.6 is 0 Å². The van der Waals surface area contributed by atoms with Gasteiger partial charge in [-0.05, 0) is 18.9 Å². The molecule has 0 N–H and O–H groups in total. The van der Waals surface area contributed by atoms with Gasteiger partial charge in [0, 0.05) is 25.9 Å². The molecule has 0 aromatic carbocycles. The third-order valence-electron chi connectivity index (χ3n) is 3.21. The Morgan fingerprint density at radius 1 is 1.46 bits per heavy atom. The van der Waals surface area contributed by atoms with Crippen LogP contribution in [-0.4, -0.2) is 34.7 Å². The van der Waals surface area contributed by atoms with Gasteiger partial charge in [-0.3, -0.25) is 0 Å². The van der Waals surface area contributed by atoms with E-state index in [1.54, 1.807) is 0 Å². The molecule has 0 aliphatic carbocycles. The molecule has 3 heterocycles. The number of rotatable bonds is 1. The second kappa shape index (κ2) is 2.54. The number of hydrogen-bond acceptors (Lipinski definition) is 4. The van der Waals surface area contributed by atoms with E-state index in [-0.39, 0.29) is 0 Å². The first kappa shape index (κ1) is 7.50. The van der Waals surface area contributed by atoms with Crippen LogP contribution in [0, 0.1) is 12.8 Å². The van der Waals surface area contributed by atoms with Crippen LogP contribution in [0.4, 0.5) is 0 Å². The van der Waals surface area contributed by atoms with Crippen LogP contribution in [0.5, 0.6) is 0 Å². The molecule has 1 aromatic heterocycles. The molecule has 3 rings (SSSR count). The molecule has 2 aliphatic heterocycles. The fraction of sp³-hybridized carbons (Fsp3) is 0.778. The second-order valence-corrected chi connectivity index (χ2v) is 4.09. The first-order valence-electron chi connectivity index (χ1n) is 4.85. The number of piperidine rings is 1. The Labute approximate surface area is 76.9 Å². The molecular formula is C9H13N3O. The highest BCUT2D eigenvalue weighted by Gasteiger charge is 2.40. The van der Waals surface area contributed by atoms with Crippen molar-refractivity contribution in [3.63, 3.8) is 0 Å². The zero-order chi connectivity index (χ0) is 8.84. The van der Waals surface area contributed by atoms with E-state index >= 15 is 0 Å². The highest BCUT2D eigenvalue weighted by Crippen LogP contribution is 2.38. The summed E-state index contributed by atoms with van der Waals surface area (Å²) in [5, 5.41) is 4.00. The summed E-state index contributed by atoms with van der Waals surface area (Å²) in [7, 11) is 0. The van der Waals surface area contributed by atoms with Crippen molar-refractivity contribution in [1.82, 2.24) is 15.0 Å². The Bertz CT molecular complexity index is 322. The molecular weight excluding hydrogens is 166 g/mol. The zero-order valence-corrected chi connectivity index (χ0v) is 7.73. The second-order valence-electron chi connectivity index (χ2n) is 4.09. The monoisotopic (exact) mass is 179 g/mol. The average molecular weight is 179 g/mol. The lowest BCUT2D eigenvalue weighted by Crippen LogP contribution is -2.22. The topological polar surface area (TPSA) is 42.2 Å². The molecule has 70 valence electrons. The van der Waals surface area contributed by atoms with E-state index in [2.05, 4.69) is 15.0 Å². The van der Waals surface area contributed by atoms with Gasteiger partial charge in [-0.25, -0.2) is 0 Å². The third-order valence-corrected chi connectivity index (χ3v) is 3.21. The summed E-state index contributed by atoms with van der Waals surface area (Å²) in [6.45, 7) is 5.48. The summed E-state index contributed by atoms with van der Waals surface area (Å²) in [5.41, 5.74) is 0. The lowest BCUT2D eigenvalue weighted by molar-refractivity contribution is 0.330. The van der Waals surface area contributed by atoms with Gasteiger partial charge in [0.2, 0.25) is 5.89 Å². The number of nitrogens with zero attached hydrogens (tertiary/aromatic N) is 3. The Kier molecular flexibility index (Phi) is 1.47. The number of hydrogen-bond donors (Lipinski definition) is 0. The van der Waals surface area contributed by atoms with E-state index in [1.165, 1.54) is 19.5 Å². The molecule has 13 heavy (non-hydrogen) atoms. The minimum Gasteiger partial charge on any atom is -0.340 e. The van der Waals surface area contributed by atoms with Gasteiger partial charge >= 0.3 is 0 Å². The fourth-order valence-electron chi connectivity index (χ4n) is 2.54. The van der Waals surface area contributed by atoms with Gasteiger partial charge in [0.05, 0.1) is 0 Å². The van der Waals surface area contributed by atoms with Gasteiger partial charge in [0.15, 0.2) is 5.82 Å². The summed E-state index contributed by atoms with van der Waals surface area (Å²) < 4.78 is 5.00. The number of aromatic nitrogens is 2. The smallest absolute Gasteiger partial charge is 0.223 e. The van der Waals surface area contributed by atoms with Gasteiger partial charge < -0.3 is 9.42 Å². The molecule has 2 aliphatic rings. The normalized spacial score (nSPS) is 37.2. The molecule has 0 saturated carbocycles. The van der Waals surface area contributed by atoms with Gasteiger partial charge in [-0.15, -0.1) is 0 Å². The summed E-state index contributed by atoms with van der Waals surface area (Å²) in [6, 6.07) is 0. The molecule has 2 bridgehead atoms. The summed E-state index contributed by atoms with van der Waals surface area (Å²) in [6.07, 6.45) is 1.30. The van der Waals surface area contributed by atoms with Crippen LogP contribution in [-0.2, 0) is 0 Å². The third kappa shape index (κ3) is 1.09. The maximum atomic E-state index is 5.00. The van der Waals surface area contributed by atoms with Crippen molar-refractivity contribution in [1.29, 1.82) is 0 Å². The minimum atomic E-state index is 0.534. The van der Waals surface area contributed by atoms with E-state index < -0.39 is 0 Å². The van der Waals surface area contributed by atoms with Crippen molar-refractivity contribution in [2.24, 2.45) is 5.92 Å². The Balaban J connectivity index is 1.87. The largest absolute Gasteiger partial charge is 0.340 e. The molecule has 2 saturated heterocycles. The van der Waals surface area contributed by atoms with E-state index in [1.807, 2.05) is 6.92 Å². The van der Waals surface area contributed by atoms with Crippen molar-refractivity contribution >= 4 is 0 Å². The van der Waals surface area contributed by atoms with E-state index in [0.29, 0.717) is 11.8 Å². The van der Waals surface area contributed by atoms with Gasteiger partial charge in [-0.1, -0.05) is 5.16 Å². The number of fused-ring (bicyclic) bond motifs is 2. The van der Waals surface area contributed by atoms with Gasteiger partial charge in [0.1, 0.15) is 0 Å². The van der Waals surface area contributed by atoms with Crippen LogP contribution in [0.1, 0.15) is 24.1 Å². The van der Waals surface area contributed by atoms with Crippen LogP contribution in [0.3, 0.4) is 0 Å². The van der Waals surface area contributed by atoms with Gasteiger partial charge in [-0.2, -0.15) is 4.98 Å². The molecule has 4 nitrogen and oxygen atoms in total. The maximum Gasteiger partial charge on any atom is 0.223 e. The molecule has 0 spiro atoms. The lowest BCUT2D eigenvalue weighted by Gasteiger charge is -2.18. The molecule has 2 fully saturated rings. The molecule has 0 radical (unpaired) electrons. The Morgan fingerprint density at radius 2 is 2.38 bits per heavy atom. The maximum absolute atomic E-state index is 5.00. The van der Waals surface area contributed by atoms with Crippen molar-refractivity contribution in [2.75, 3.05) is 19.6 Å². The van der Waals surface area contributed by atoms with Crippen molar-refractivity contribution in [3.05, 3.63) is 11.7 Å². The van der Waals surface area contributed by atoms with Crippen molar-refractivity contribution in [3.8, 4) is 0 Å². The van der Waals surface area contributed by atoms with Crippen LogP contribution < -0.4 is 0 Å². The first-order chi connectivity index (χ1) is 6.33. The van der Waals surface area contributed by atoms with Crippen LogP contribution in [0.25, 0.3) is 0 Å². The predicted molar refractivity (Wildman–Crippen MR) is 46.3 cm³/mol. The number of aryl methyl sites for hydroxylation is 1. The molecule has 4 heteroatoms. The summed E-state index contributed by atoms with van der Waals surface area (Å²) in [5.74, 6) is 2.92. The van der Waals surface area contributed by atoms with Gasteiger partial charge in [0.25, 0.3) is 0 Å². The molecule has 3 atom stereocenters.